The van der Waals surface area contributed by atoms with E-state index < -0.39 is 0 Å². The van der Waals surface area contributed by atoms with Crippen LogP contribution in [0, 0.1) is 0 Å². The Morgan fingerprint density at radius 3 is 3.18 bits per heavy atom. The molecular weight excluding hydrogens is 142 g/mol. The Morgan fingerprint density at radius 1 is 1.36 bits per heavy atom. The molecule has 0 fully saturated rings. The first-order valence-corrected chi connectivity index (χ1v) is 3.39. The molecule has 0 saturated heterocycles. The van der Waals surface area contributed by atoms with Crippen molar-refractivity contribution >= 4 is 5.78 Å². The second kappa shape index (κ2) is 2.27. The van der Waals surface area contributed by atoms with Gasteiger partial charge >= 0.3 is 0 Å². The number of allylic oxidation sites excluding steroid dienone is 5. The van der Waals surface area contributed by atoms with E-state index in [1.54, 1.807) is 18.4 Å². The van der Waals surface area contributed by atoms with Crippen LogP contribution < -0.4 is 5.48 Å². The van der Waals surface area contributed by atoms with Crippen molar-refractivity contribution in [3.05, 3.63) is 35.8 Å². The van der Waals surface area contributed by atoms with Gasteiger partial charge in [-0.25, -0.2) is 5.48 Å². The zero-order valence-electron chi connectivity index (χ0n) is 5.83. The van der Waals surface area contributed by atoms with Crippen LogP contribution >= 0.6 is 0 Å². The summed E-state index contributed by atoms with van der Waals surface area (Å²) in [6.45, 7) is 0. The molecule has 0 spiro atoms. The van der Waals surface area contributed by atoms with E-state index in [1.807, 2.05) is 6.08 Å². The van der Waals surface area contributed by atoms with Crippen LogP contribution in [0.25, 0.3) is 0 Å². The van der Waals surface area contributed by atoms with Gasteiger partial charge in [-0.05, 0) is 18.2 Å². The number of hydrogen-bond donors (Lipinski definition) is 1. The van der Waals surface area contributed by atoms with Gasteiger partial charge in [0.2, 0.25) is 0 Å². The number of hydroxylamine groups is 1. The molecule has 0 unspecified atom stereocenters. The fourth-order valence-corrected chi connectivity index (χ4v) is 1.07. The lowest BCUT2D eigenvalue weighted by Gasteiger charge is -2.16. The molecule has 1 aliphatic carbocycles. The van der Waals surface area contributed by atoms with Gasteiger partial charge in [0.05, 0.1) is 6.42 Å². The van der Waals surface area contributed by atoms with Crippen LogP contribution in [-0.4, -0.2) is 5.78 Å². The van der Waals surface area contributed by atoms with Gasteiger partial charge in [0.1, 0.15) is 5.76 Å². The maximum absolute atomic E-state index is 10.9. The van der Waals surface area contributed by atoms with E-state index in [4.69, 9.17) is 4.84 Å². The SMILES string of the molecule is O=C1C=CC2=C(C1)ONC=C2. The largest absolute Gasteiger partial charge is 0.386 e. The van der Waals surface area contributed by atoms with Gasteiger partial charge in [0.15, 0.2) is 5.78 Å². The number of carbonyl (C=O) groups excluding carboxylic acids is 1. The predicted octanol–water partition coefficient (Wildman–Crippen LogP) is 0.818. The smallest absolute Gasteiger partial charge is 0.163 e. The summed E-state index contributed by atoms with van der Waals surface area (Å²) in [5.41, 5.74) is 3.56. The van der Waals surface area contributed by atoms with Crippen molar-refractivity contribution in [2.45, 2.75) is 6.42 Å². The highest BCUT2D eigenvalue weighted by atomic mass is 16.6. The Kier molecular flexibility index (Phi) is 1.28. The minimum absolute atomic E-state index is 0.0841. The van der Waals surface area contributed by atoms with Crippen LogP contribution in [0.2, 0.25) is 0 Å². The second-order valence-corrected chi connectivity index (χ2v) is 2.41. The van der Waals surface area contributed by atoms with Crippen LogP contribution in [0.5, 0.6) is 0 Å². The van der Waals surface area contributed by atoms with E-state index in [-0.39, 0.29) is 5.78 Å². The molecule has 0 amide bonds. The molecule has 1 aliphatic heterocycles. The summed E-state index contributed by atoms with van der Waals surface area (Å²) in [7, 11) is 0. The van der Waals surface area contributed by atoms with Crippen molar-refractivity contribution in [3.8, 4) is 0 Å². The van der Waals surface area contributed by atoms with Crippen LogP contribution in [0.15, 0.2) is 35.8 Å². The van der Waals surface area contributed by atoms with E-state index in [2.05, 4.69) is 5.48 Å². The Hall–Kier alpha value is -1.51. The third kappa shape index (κ3) is 1.05. The van der Waals surface area contributed by atoms with Gasteiger partial charge in [-0.1, -0.05) is 0 Å². The average Bonchev–Trinajstić information content (AvgIpc) is 2.04. The molecule has 0 saturated carbocycles. The Balaban J connectivity index is 2.34. The first kappa shape index (κ1) is 6.22. The summed E-state index contributed by atoms with van der Waals surface area (Å²) in [4.78, 5) is 15.9. The molecule has 2 rings (SSSR count). The topological polar surface area (TPSA) is 38.3 Å². The highest BCUT2D eigenvalue weighted by Gasteiger charge is 2.15. The fraction of sp³-hybridized carbons (Fsp3) is 0.125. The van der Waals surface area contributed by atoms with Crippen molar-refractivity contribution < 1.29 is 9.63 Å². The molecule has 0 bridgehead atoms. The number of carbonyl (C=O) groups is 1. The zero-order valence-corrected chi connectivity index (χ0v) is 5.83. The monoisotopic (exact) mass is 149 g/mol. The number of nitrogens with one attached hydrogen (secondary N) is 1. The summed E-state index contributed by atoms with van der Waals surface area (Å²) in [6.07, 6.45) is 7.26. The maximum atomic E-state index is 10.9. The van der Waals surface area contributed by atoms with Gasteiger partial charge in [-0.3, -0.25) is 4.79 Å². The lowest BCUT2D eigenvalue weighted by atomic mass is 10.0. The molecule has 0 aromatic carbocycles. The van der Waals surface area contributed by atoms with E-state index in [0.29, 0.717) is 12.2 Å². The summed E-state index contributed by atoms with van der Waals surface area (Å²) >= 11 is 0. The van der Waals surface area contributed by atoms with E-state index >= 15 is 0 Å². The van der Waals surface area contributed by atoms with Crippen LogP contribution in [-0.2, 0) is 9.63 Å². The molecule has 3 nitrogen and oxygen atoms in total. The zero-order chi connectivity index (χ0) is 7.68. The van der Waals surface area contributed by atoms with Gasteiger partial charge in [-0.15, -0.1) is 0 Å². The summed E-state index contributed by atoms with van der Waals surface area (Å²) < 4.78 is 0. The number of ketones is 1. The Morgan fingerprint density at radius 2 is 2.27 bits per heavy atom. The van der Waals surface area contributed by atoms with E-state index in [1.165, 1.54) is 0 Å². The average molecular weight is 149 g/mol. The number of hydrogen-bond acceptors (Lipinski definition) is 3. The summed E-state index contributed by atoms with van der Waals surface area (Å²) in [6, 6.07) is 0. The van der Waals surface area contributed by atoms with Gasteiger partial charge in [0.25, 0.3) is 0 Å². The molecule has 2 aliphatic rings. The third-order valence-corrected chi connectivity index (χ3v) is 1.62. The minimum Gasteiger partial charge on any atom is -0.386 e. The molecule has 1 N–H and O–H groups in total. The third-order valence-electron chi connectivity index (χ3n) is 1.62. The molecular formula is C8H7NO2. The fourth-order valence-electron chi connectivity index (χ4n) is 1.07. The van der Waals surface area contributed by atoms with Crippen molar-refractivity contribution in [3.63, 3.8) is 0 Å². The molecule has 0 aromatic heterocycles. The molecule has 3 heteroatoms. The lowest BCUT2D eigenvalue weighted by Crippen LogP contribution is -2.16. The van der Waals surface area contributed by atoms with Gasteiger partial charge in [-0.2, -0.15) is 0 Å². The first-order valence-electron chi connectivity index (χ1n) is 3.39. The van der Waals surface area contributed by atoms with E-state index in [9.17, 15) is 4.79 Å². The molecule has 0 radical (unpaired) electrons. The molecule has 0 aromatic rings. The Labute approximate surface area is 64.0 Å². The molecule has 56 valence electrons. The summed E-state index contributed by atoms with van der Waals surface area (Å²) in [5, 5.41) is 0. The minimum atomic E-state index is 0.0841. The lowest BCUT2D eigenvalue weighted by molar-refractivity contribution is -0.115. The number of rotatable bonds is 0. The Bertz CT molecular complexity index is 286. The standard InChI is InChI=1S/C8H7NO2/c10-7-2-1-6-3-4-9-11-8(6)5-7/h1-4,9H,5H2. The van der Waals surface area contributed by atoms with Crippen LogP contribution in [0.1, 0.15) is 6.42 Å². The van der Waals surface area contributed by atoms with Crippen molar-refractivity contribution in [2.75, 3.05) is 0 Å². The van der Waals surface area contributed by atoms with Crippen LogP contribution in [0.3, 0.4) is 0 Å². The highest BCUT2D eigenvalue weighted by molar-refractivity contribution is 5.93. The first-order chi connectivity index (χ1) is 5.36. The molecule has 1 heterocycles. The van der Waals surface area contributed by atoms with Crippen molar-refractivity contribution in [1.29, 1.82) is 0 Å². The maximum Gasteiger partial charge on any atom is 0.163 e. The van der Waals surface area contributed by atoms with E-state index in [0.717, 1.165) is 5.57 Å². The molecule has 0 atom stereocenters. The highest BCUT2D eigenvalue weighted by Crippen LogP contribution is 2.20. The van der Waals surface area contributed by atoms with Gasteiger partial charge < -0.3 is 4.84 Å². The predicted molar refractivity (Wildman–Crippen MR) is 39.2 cm³/mol. The normalized spacial score (nSPS) is 20.9. The summed E-state index contributed by atoms with van der Waals surface area (Å²) in [5.74, 6) is 0.792. The van der Waals surface area contributed by atoms with Crippen LogP contribution in [0.4, 0.5) is 0 Å². The second-order valence-electron chi connectivity index (χ2n) is 2.41. The van der Waals surface area contributed by atoms with Crippen molar-refractivity contribution in [1.82, 2.24) is 5.48 Å². The molecule has 11 heavy (non-hydrogen) atoms. The quantitative estimate of drug-likeness (QED) is 0.554. The van der Waals surface area contributed by atoms with Gasteiger partial charge in [0, 0.05) is 11.8 Å². The van der Waals surface area contributed by atoms with Crippen molar-refractivity contribution in [2.24, 2.45) is 0 Å².